The quantitative estimate of drug-likeness (QED) is 0.411. The van der Waals surface area contributed by atoms with Gasteiger partial charge >= 0.3 is 0 Å². The minimum Gasteiger partial charge on any atom is -0.545 e. The molecule has 0 bridgehead atoms. The van der Waals surface area contributed by atoms with Crippen LogP contribution in [0.4, 0.5) is 5.69 Å². The third kappa shape index (κ3) is 4.55. The van der Waals surface area contributed by atoms with Gasteiger partial charge in [-0.05, 0) is 42.0 Å². The van der Waals surface area contributed by atoms with Crippen LogP contribution in [0.2, 0.25) is 0 Å². The van der Waals surface area contributed by atoms with Crippen LogP contribution in [0.25, 0.3) is 11.3 Å². The lowest BCUT2D eigenvalue weighted by Crippen LogP contribution is -2.23. The van der Waals surface area contributed by atoms with Crippen molar-refractivity contribution in [3.8, 4) is 11.3 Å². The molecule has 0 amide bonds. The number of furan rings is 1. The highest BCUT2D eigenvalue weighted by molar-refractivity contribution is 7.80. The first kappa shape index (κ1) is 17.4. The van der Waals surface area contributed by atoms with Crippen LogP contribution in [0.3, 0.4) is 0 Å². The lowest BCUT2D eigenvalue weighted by molar-refractivity contribution is -0.255. The highest BCUT2D eigenvalue weighted by Crippen LogP contribution is 2.21. The number of benzene rings is 2. The number of para-hydroxylation sites is 1. The predicted octanol–water partition coefficient (Wildman–Crippen LogP) is 2.63. The summed E-state index contributed by atoms with van der Waals surface area (Å²) in [5.41, 5.74) is 4.44. The number of thiocarbonyl (C=S) groups is 1. The zero-order valence-corrected chi connectivity index (χ0v) is 14.3. The molecular formula is C19H14N3O3S-. The van der Waals surface area contributed by atoms with E-state index in [0.717, 1.165) is 11.3 Å². The summed E-state index contributed by atoms with van der Waals surface area (Å²) in [6.07, 6.45) is 1.50. The number of carboxylic acids is 1. The Hall–Kier alpha value is -3.45. The van der Waals surface area contributed by atoms with Gasteiger partial charge in [0.25, 0.3) is 0 Å². The summed E-state index contributed by atoms with van der Waals surface area (Å²) in [6, 6.07) is 19.3. The third-order valence-corrected chi connectivity index (χ3v) is 3.61. The molecule has 6 nitrogen and oxygen atoms in total. The van der Waals surface area contributed by atoms with Gasteiger partial charge in [0.1, 0.15) is 11.5 Å². The second-order valence-electron chi connectivity index (χ2n) is 5.26. The maximum Gasteiger partial charge on any atom is 0.191 e. The molecule has 3 aromatic rings. The van der Waals surface area contributed by atoms with E-state index in [2.05, 4.69) is 15.8 Å². The van der Waals surface area contributed by atoms with E-state index in [-0.39, 0.29) is 5.56 Å². The van der Waals surface area contributed by atoms with Crippen LogP contribution in [0.5, 0.6) is 0 Å². The van der Waals surface area contributed by atoms with E-state index in [9.17, 15) is 9.90 Å². The Bertz CT molecular complexity index is 934. The van der Waals surface area contributed by atoms with Crippen LogP contribution in [0, 0.1) is 0 Å². The smallest absolute Gasteiger partial charge is 0.191 e. The van der Waals surface area contributed by atoms with E-state index >= 15 is 0 Å². The van der Waals surface area contributed by atoms with Crippen molar-refractivity contribution < 1.29 is 14.3 Å². The number of nitrogens with one attached hydrogen (secondary N) is 2. The largest absolute Gasteiger partial charge is 0.545 e. The molecule has 0 aliphatic heterocycles. The van der Waals surface area contributed by atoms with E-state index in [0.29, 0.717) is 16.6 Å². The number of hydrogen-bond acceptors (Lipinski definition) is 5. The first-order chi connectivity index (χ1) is 12.6. The van der Waals surface area contributed by atoms with Gasteiger partial charge < -0.3 is 19.6 Å². The summed E-state index contributed by atoms with van der Waals surface area (Å²) in [4.78, 5) is 10.8. The molecule has 0 radical (unpaired) electrons. The van der Waals surface area contributed by atoms with Crippen molar-refractivity contribution in [2.75, 3.05) is 5.32 Å². The lowest BCUT2D eigenvalue weighted by atomic mass is 10.1. The molecular weight excluding hydrogens is 350 g/mol. The van der Waals surface area contributed by atoms with Gasteiger partial charge in [0.05, 0.1) is 12.2 Å². The second-order valence-corrected chi connectivity index (χ2v) is 5.67. The Morgan fingerprint density at radius 3 is 2.46 bits per heavy atom. The van der Waals surface area contributed by atoms with Gasteiger partial charge in [0, 0.05) is 11.3 Å². The maximum absolute atomic E-state index is 10.8. The number of anilines is 1. The van der Waals surface area contributed by atoms with Crippen LogP contribution in [-0.2, 0) is 0 Å². The molecule has 0 spiro atoms. The van der Waals surface area contributed by atoms with Crippen molar-refractivity contribution in [3.05, 3.63) is 78.1 Å². The normalized spacial score (nSPS) is 10.6. The molecule has 0 aliphatic carbocycles. The van der Waals surface area contributed by atoms with Gasteiger partial charge in [0.15, 0.2) is 5.11 Å². The van der Waals surface area contributed by atoms with E-state index < -0.39 is 5.97 Å². The number of carbonyl (C=O) groups excluding carboxylic acids is 1. The molecule has 3 rings (SSSR count). The summed E-state index contributed by atoms with van der Waals surface area (Å²) in [5.74, 6) is -0.0877. The first-order valence-corrected chi connectivity index (χ1v) is 8.09. The van der Waals surface area contributed by atoms with E-state index in [1.807, 2.05) is 30.3 Å². The Morgan fingerprint density at radius 1 is 1.04 bits per heavy atom. The summed E-state index contributed by atoms with van der Waals surface area (Å²) < 4.78 is 5.65. The van der Waals surface area contributed by atoms with Crippen molar-refractivity contribution in [2.24, 2.45) is 5.10 Å². The lowest BCUT2D eigenvalue weighted by Gasteiger charge is -2.05. The average Bonchev–Trinajstić information content (AvgIpc) is 3.11. The standard InChI is InChI=1S/C19H15N3O3S/c23-18(24)14-8-6-13(7-9-14)17-11-10-16(25-17)12-20-22-19(26)21-15-4-2-1-3-5-15/h1-12H,(H,23,24)(H2,21,22,26)/p-1/b20-12-. The van der Waals surface area contributed by atoms with Gasteiger partial charge in [0.2, 0.25) is 0 Å². The van der Waals surface area contributed by atoms with E-state index in [1.54, 1.807) is 24.3 Å². The number of nitrogens with zero attached hydrogens (tertiary/aromatic N) is 1. The molecule has 0 fully saturated rings. The molecule has 2 N–H and O–H groups in total. The van der Waals surface area contributed by atoms with Crippen molar-refractivity contribution >= 4 is 35.2 Å². The van der Waals surface area contributed by atoms with Crippen molar-refractivity contribution in [1.82, 2.24) is 5.43 Å². The molecule has 0 aliphatic rings. The number of hydrazone groups is 1. The topological polar surface area (TPSA) is 89.7 Å². The van der Waals surface area contributed by atoms with Crippen molar-refractivity contribution in [2.45, 2.75) is 0 Å². The fourth-order valence-corrected chi connectivity index (χ4v) is 2.35. The molecule has 0 saturated carbocycles. The minimum atomic E-state index is -1.21. The Balaban J connectivity index is 1.58. The molecule has 1 aromatic heterocycles. The molecule has 2 aromatic carbocycles. The summed E-state index contributed by atoms with van der Waals surface area (Å²) in [7, 11) is 0. The highest BCUT2D eigenvalue weighted by atomic mass is 32.1. The second kappa shape index (κ2) is 8.09. The molecule has 1 heterocycles. The van der Waals surface area contributed by atoms with Crippen LogP contribution in [0.15, 0.2) is 76.2 Å². The Kier molecular flexibility index (Phi) is 5.40. The van der Waals surface area contributed by atoms with Crippen LogP contribution >= 0.6 is 12.2 Å². The monoisotopic (exact) mass is 364 g/mol. The van der Waals surface area contributed by atoms with Gasteiger partial charge in [-0.2, -0.15) is 5.10 Å². The Labute approximate surface area is 155 Å². The molecule has 130 valence electrons. The molecule has 0 atom stereocenters. The zero-order chi connectivity index (χ0) is 18.4. The molecule has 0 saturated heterocycles. The number of rotatable bonds is 5. The van der Waals surface area contributed by atoms with E-state index in [4.69, 9.17) is 16.6 Å². The van der Waals surface area contributed by atoms with Crippen LogP contribution < -0.4 is 15.8 Å². The zero-order valence-electron chi connectivity index (χ0n) is 13.5. The third-order valence-electron chi connectivity index (χ3n) is 3.42. The van der Waals surface area contributed by atoms with Crippen LogP contribution in [0.1, 0.15) is 16.1 Å². The van der Waals surface area contributed by atoms with Gasteiger partial charge in [-0.15, -0.1) is 0 Å². The predicted molar refractivity (Wildman–Crippen MR) is 102 cm³/mol. The fraction of sp³-hybridized carbons (Fsp3) is 0. The average molecular weight is 364 g/mol. The van der Waals surface area contributed by atoms with Gasteiger partial charge in [-0.25, -0.2) is 0 Å². The number of carbonyl (C=O) groups is 1. The number of aromatic carboxylic acids is 1. The summed E-state index contributed by atoms with van der Waals surface area (Å²) >= 11 is 5.15. The fourth-order valence-electron chi connectivity index (χ4n) is 2.18. The number of hydrogen-bond donors (Lipinski definition) is 2. The molecule has 0 unspecified atom stereocenters. The van der Waals surface area contributed by atoms with Gasteiger partial charge in [-0.3, -0.25) is 5.43 Å². The molecule has 26 heavy (non-hydrogen) atoms. The molecule has 7 heteroatoms. The summed E-state index contributed by atoms with van der Waals surface area (Å²) in [6.45, 7) is 0. The SMILES string of the molecule is O=C([O-])c1ccc(-c2ccc(/C=N\NC(=S)Nc3ccccc3)o2)cc1. The van der Waals surface area contributed by atoms with Gasteiger partial charge in [-0.1, -0.05) is 42.5 Å². The van der Waals surface area contributed by atoms with Crippen LogP contribution in [-0.4, -0.2) is 17.3 Å². The first-order valence-electron chi connectivity index (χ1n) is 7.68. The van der Waals surface area contributed by atoms with Crippen molar-refractivity contribution in [3.63, 3.8) is 0 Å². The van der Waals surface area contributed by atoms with E-state index in [1.165, 1.54) is 18.3 Å². The summed E-state index contributed by atoms with van der Waals surface area (Å²) in [5, 5.41) is 18.1. The highest BCUT2D eigenvalue weighted by Gasteiger charge is 2.04. The minimum absolute atomic E-state index is 0.116. The number of carboxylic acid groups (broad SMARTS) is 1. The van der Waals surface area contributed by atoms with Crippen molar-refractivity contribution in [1.29, 1.82) is 0 Å². The Morgan fingerprint density at radius 2 is 1.77 bits per heavy atom. The maximum atomic E-state index is 10.8.